The average Bonchev–Trinajstić information content (AvgIpc) is 2.75. The van der Waals surface area contributed by atoms with Crippen LogP contribution in [-0.2, 0) is 0 Å². The van der Waals surface area contributed by atoms with Crippen LogP contribution in [0.1, 0.15) is 32.0 Å². The zero-order valence-electron chi connectivity index (χ0n) is 8.06. The maximum atomic E-state index is 4.02. The second kappa shape index (κ2) is 3.41. The normalized spacial score (nSPS) is 24.4. The molecular weight excluding hydrogens is 166 g/mol. The zero-order chi connectivity index (χ0) is 9.26. The first-order valence-corrected chi connectivity index (χ1v) is 4.74. The SMILES string of the molecule is CC(C)N1CC[C@@H](c2nn[nH]n2)C1. The lowest BCUT2D eigenvalue weighted by Crippen LogP contribution is -2.28. The average molecular weight is 181 g/mol. The molecule has 1 aliphatic heterocycles. The summed E-state index contributed by atoms with van der Waals surface area (Å²) in [5.41, 5.74) is 0. The van der Waals surface area contributed by atoms with Gasteiger partial charge in [0.15, 0.2) is 5.82 Å². The summed E-state index contributed by atoms with van der Waals surface area (Å²) < 4.78 is 0. The van der Waals surface area contributed by atoms with E-state index in [9.17, 15) is 0 Å². The molecule has 5 nitrogen and oxygen atoms in total. The smallest absolute Gasteiger partial charge is 0.178 e. The highest BCUT2D eigenvalue weighted by Crippen LogP contribution is 2.24. The number of aromatic nitrogens is 4. The standard InChI is InChI=1S/C8H15N5/c1-6(2)13-4-3-7(5-13)8-9-11-12-10-8/h6-7H,3-5H2,1-2H3,(H,9,10,11,12)/t7-/m1/s1. The predicted octanol–water partition coefficient (Wildman–Crippen LogP) is 0.397. The van der Waals surface area contributed by atoms with Crippen molar-refractivity contribution in [3.63, 3.8) is 0 Å². The first-order valence-electron chi connectivity index (χ1n) is 4.74. The van der Waals surface area contributed by atoms with Gasteiger partial charge in [0.25, 0.3) is 0 Å². The van der Waals surface area contributed by atoms with Crippen LogP contribution in [0.2, 0.25) is 0 Å². The Labute approximate surface area is 77.5 Å². The first-order chi connectivity index (χ1) is 6.27. The van der Waals surface area contributed by atoms with Crippen molar-refractivity contribution >= 4 is 0 Å². The lowest BCUT2D eigenvalue weighted by molar-refractivity contribution is 0.272. The first kappa shape index (κ1) is 8.62. The number of nitrogens with zero attached hydrogens (tertiary/aromatic N) is 4. The van der Waals surface area contributed by atoms with Crippen molar-refractivity contribution in [3.05, 3.63) is 5.82 Å². The fraction of sp³-hybridized carbons (Fsp3) is 0.875. The Kier molecular flexibility index (Phi) is 2.26. The van der Waals surface area contributed by atoms with E-state index in [-0.39, 0.29) is 0 Å². The molecule has 0 radical (unpaired) electrons. The quantitative estimate of drug-likeness (QED) is 0.717. The fourth-order valence-electron chi connectivity index (χ4n) is 1.81. The third-order valence-electron chi connectivity index (χ3n) is 2.68. The minimum Gasteiger partial charge on any atom is -0.300 e. The molecule has 1 fully saturated rings. The Morgan fingerprint density at radius 3 is 2.92 bits per heavy atom. The molecule has 0 saturated carbocycles. The van der Waals surface area contributed by atoms with Gasteiger partial charge in [0.2, 0.25) is 0 Å². The van der Waals surface area contributed by atoms with Gasteiger partial charge in [-0.3, -0.25) is 0 Å². The summed E-state index contributed by atoms with van der Waals surface area (Å²) >= 11 is 0. The number of H-pyrrole nitrogens is 1. The minimum absolute atomic E-state index is 0.473. The molecule has 1 aliphatic rings. The number of tetrazole rings is 1. The second-order valence-electron chi connectivity index (χ2n) is 3.84. The maximum absolute atomic E-state index is 4.02. The molecule has 0 spiro atoms. The van der Waals surface area contributed by atoms with Gasteiger partial charge in [-0.15, -0.1) is 10.2 Å². The highest BCUT2D eigenvalue weighted by atomic mass is 15.5. The summed E-state index contributed by atoms with van der Waals surface area (Å²) in [6, 6.07) is 0.622. The van der Waals surface area contributed by atoms with E-state index >= 15 is 0 Å². The molecule has 1 N–H and O–H groups in total. The van der Waals surface area contributed by atoms with Crippen LogP contribution in [0.5, 0.6) is 0 Å². The van der Waals surface area contributed by atoms with E-state index in [4.69, 9.17) is 0 Å². The number of likely N-dealkylation sites (tertiary alicyclic amines) is 1. The molecule has 0 aromatic carbocycles. The van der Waals surface area contributed by atoms with Crippen molar-refractivity contribution < 1.29 is 0 Å². The van der Waals surface area contributed by atoms with Crippen molar-refractivity contribution in [3.8, 4) is 0 Å². The number of aromatic amines is 1. The number of hydrogen-bond acceptors (Lipinski definition) is 4. The summed E-state index contributed by atoms with van der Waals surface area (Å²) in [5.74, 6) is 1.34. The molecule has 5 heteroatoms. The molecule has 0 unspecified atom stereocenters. The van der Waals surface area contributed by atoms with Gasteiger partial charge >= 0.3 is 0 Å². The molecule has 0 bridgehead atoms. The molecule has 1 aromatic heterocycles. The van der Waals surface area contributed by atoms with Gasteiger partial charge in [0, 0.05) is 18.5 Å². The molecular formula is C8H15N5. The van der Waals surface area contributed by atoms with Gasteiger partial charge in [0.05, 0.1) is 0 Å². The molecule has 1 saturated heterocycles. The van der Waals surface area contributed by atoms with Crippen molar-refractivity contribution in [2.75, 3.05) is 13.1 Å². The lowest BCUT2D eigenvalue weighted by Gasteiger charge is -2.19. The molecule has 2 rings (SSSR count). The van der Waals surface area contributed by atoms with Crippen LogP contribution in [0.4, 0.5) is 0 Å². The van der Waals surface area contributed by atoms with Crippen LogP contribution in [0.15, 0.2) is 0 Å². The third-order valence-corrected chi connectivity index (χ3v) is 2.68. The highest BCUT2D eigenvalue weighted by Gasteiger charge is 2.27. The summed E-state index contributed by atoms with van der Waals surface area (Å²) in [6.07, 6.45) is 1.15. The maximum Gasteiger partial charge on any atom is 0.178 e. The number of hydrogen-bond donors (Lipinski definition) is 1. The van der Waals surface area contributed by atoms with Gasteiger partial charge in [0.1, 0.15) is 0 Å². The van der Waals surface area contributed by atoms with E-state index in [1.807, 2.05) is 0 Å². The Balaban J connectivity index is 1.99. The number of rotatable bonds is 2. The molecule has 2 heterocycles. The Hall–Kier alpha value is -0.970. The largest absolute Gasteiger partial charge is 0.300 e. The summed E-state index contributed by atoms with van der Waals surface area (Å²) in [6.45, 7) is 6.66. The van der Waals surface area contributed by atoms with Crippen LogP contribution in [0.25, 0.3) is 0 Å². The van der Waals surface area contributed by atoms with E-state index < -0.39 is 0 Å². The minimum atomic E-state index is 0.473. The third kappa shape index (κ3) is 1.70. The van der Waals surface area contributed by atoms with E-state index in [1.165, 1.54) is 0 Å². The van der Waals surface area contributed by atoms with Gasteiger partial charge in [-0.05, 0) is 26.8 Å². The Morgan fingerprint density at radius 2 is 2.38 bits per heavy atom. The molecule has 0 aliphatic carbocycles. The molecule has 1 aromatic rings. The fourth-order valence-corrected chi connectivity index (χ4v) is 1.81. The van der Waals surface area contributed by atoms with Gasteiger partial charge in [-0.2, -0.15) is 5.21 Å². The Morgan fingerprint density at radius 1 is 1.54 bits per heavy atom. The molecule has 13 heavy (non-hydrogen) atoms. The lowest BCUT2D eigenvalue weighted by atomic mass is 10.1. The molecule has 72 valence electrons. The van der Waals surface area contributed by atoms with Gasteiger partial charge in [-0.1, -0.05) is 5.21 Å². The van der Waals surface area contributed by atoms with Gasteiger partial charge in [-0.25, -0.2) is 0 Å². The monoisotopic (exact) mass is 181 g/mol. The van der Waals surface area contributed by atoms with Crippen LogP contribution < -0.4 is 0 Å². The molecule has 1 atom stereocenters. The van der Waals surface area contributed by atoms with Gasteiger partial charge < -0.3 is 4.90 Å². The Bertz CT molecular complexity index is 256. The van der Waals surface area contributed by atoms with Crippen molar-refractivity contribution in [1.82, 2.24) is 25.5 Å². The predicted molar refractivity (Wildman–Crippen MR) is 48.2 cm³/mol. The van der Waals surface area contributed by atoms with Crippen LogP contribution in [0, 0.1) is 0 Å². The van der Waals surface area contributed by atoms with Crippen LogP contribution in [0.3, 0.4) is 0 Å². The summed E-state index contributed by atoms with van der Waals surface area (Å²) in [7, 11) is 0. The van der Waals surface area contributed by atoms with Crippen molar-refractivity contribution in [2.24, 2.45) is 0 Å². The molecule has 0 amide bonds. The highest BCUT2D eigenvalue weighted by molar-refractivity contribution is 4.97. The van der Waals surface area contributed by atoms with Crippen LogP contribution in [-0.4, -0.2) is 44.7 Å². The van der Waals surface area contributed by atoms with E-state index in [0.717, 1.165) is 25.3 Å². The number of nitrogens with one attached hydrogen (secondary N) is 1. The second-order valence-corrected chi connectivity index (χ2v) is 3.84. The topological polar surface area (TPSA) is 57.7 Å². The van der Waals surface area contributed by atoms with Crippen LogP contribution >= 0.6 is 0 Å². The van der Waals surface area contributed by atoms with Crippen molar-refractivity contribution in [1.29, 1.82) is 0 Å². The van der Waals surface area contributed by atoms with E-state index in [0.29, 0.717) is 12.0 Å². The van der Waals surface area contributed by atoms with E-state index in [2.05, 4.69) is 39.4 Å². The van der Waals surface area contributed by atoms with Crippen molar-refractivity contribution in [2.45, 2.75) is 32.2 Å². The summed E-state index contributed by atoms with van der Waals surface area (Å²) in [4.78, 5) is 2.45. The summed E-state index contributed by atoms with van der Waals surface area (Å²) in [5, 5.41) is 14.1. The van der Waals surface area contributed by atoms with E-state index in [1.54, 1.807) is 0 Å². The zero-order valence-corrected chi connectivity index (χ0v) is 8.06.